The molecule has 98 valence electrons. The molecule has 1 aromatic carbocycles. The average molecular weight is 244 g/mol. The third-order valence-electron chi connectivity index (χ3n) is 3.60. The van der Waals surface area contributed by atoms with Gasteiger partial charge in [-0.3, -0.25) is 0 Å². The molecule has 0 heterocycles. The summed E-state index contributed by atoms with van der Waals surface area (Å²) >= 11 is 0. The van der Waals surface area contributed by atoms with E-state index in [2.05, 4.69) is 60.5 Å². The molecule has 1 aliphatic carbocycles. The molecule has 0 amide bonds. The quantitative estimate of drug-likeness (QED) is 0.786. The van der Waals surface area contributed by atoms with Gasteiger partial charge >= 0.3 is 0 Å². The zero-order valence-electron chi connectivity index (χ0n) is 11.5. The molecule has 0 radical (unpaired) electrons. The van der Waals surface area contributed by atoms with Gasteiger partial charge in [-0.1, -0.05) is 12.2 Å². The van der Waals surface area contributed by atoms with Crippen LogP contribution in [-0.4, -0.2) is 19.1 Å². The number of benzene rings is 1. The fourth-order valence-electron chi connectivity index (χ4n) is 2.50. The van der Waals surface area contributed by atoms with Crippen molar-refractivity contribution in [2.24, 2.45) is 0 Å². The van der Waals surface area contributed by atoms with E-state index in [1.54, 1.807) is 0 Å². The minimum absolute atomic E-state index is 0.512. The highest BCUT2D eigenvalue weighted by Crippen LogP contribution is 2.20. The zero-order chi connectivity index (χ0) is 12.8. The van der Waals surface area contributed by atoms with Gasteiger partial charge in [-0.15, -0.1) is 0 Å². The first-order valence-electron chi connectivity index (χ1n) is 7.11. The van der Waals surface area contributed by atoms with Crippen molar-refractivity contribution in [2.45, 2.75) is 39.2 Å². The van der Waals surface area contributed by atoms with Crippen LogP contribution in [0.5, 0.6) is 0 Å². The number of nitrogens with one attached hydrogen (secondary N) is 1. The van der Waals surface area contributed by atoms with Gasteiger partial charge in [-0.05, 0) is 57.4 Å². The Kier molecular flexibility index (Phi) is 4.68. The Morgan fingerprint density at radius 1 is 1.17 bits per heavy atom. The molecule has 0 spiro atoms. The summed E-state index contributed by atoms with van der Waals surface area (Å²) < 4.78 is 0. The molecule has 0 aliphatic heterocycles. The largest absolute Gasteiger partial charge is 0.379 e. The van der Waals surface area contributed by atoms with Crippen molar-refractivity contribution in [3.63, 3.8) is 0 Å². The molecule has 0 saturated heterocycles. The molecule has 2 heteroatoms. The molecule has 0 saturated carbocycles. The molecular formula is C16H24N2. The van der Waals surface area contributed by atoms with Crippen molar-refractivity contribution >= 4 is 11.4 Å². The number of rotatable bonds is 5. The molecule has 0 bridgehead atoms. The second-order valence-electron chi connectivity index (χ2n) is 4.83. The Balaban J connectivity index is 1.98. The van der Waals surface area contributed by atoms with Gasteiger partial charge in [-0.2, -0.15) is 0 Å². The Morgan fingerprint density at radius 3 is 2.44 bits per heavy atom. The van der Waals surface area contributed by atoms with Crippen LogP contribution < -0.4 is 10.2 Å². The summed E-state index contributed by atoms with van der Waals surface area (Å²) in [6, 6.07) is 9.31. The summed E-state index contributed by atoms with van der Waals surface area (Å²) in [5.74, 6) is 0. The van der Waals surface area contributed by atoms with E-state index in [4.69, 9.17) is 0 Å². The molecule has 1 aromatic rings. The molecule has 0 fully saturated rings. The highest BCUT2D eigenvalue weighted by Gasteiger charge is 2.08. The molecule has 1 atom stereocenters. The Bertz CT molecular complexity index is 377. The third-order valence-corrected chi connectivity index (χ3v) is 3.60. The molecule has 2 nitrogen and oxygen atoms in total. The average Bonchev–Trinajstić information content (AvgIpc) is 2.43. The molecule has 0 aromatic heterocycles. The first-order chi connectivity index (χ1) is 8.83. The maximum absolute atomic E-state index is 3.58. The van der Waals surface area contributed by atoms with Crippen LogP contribution in [0, 0.1) is 0 Å². The number of nitrogens with zero attached hydrogens (tertiary/aromatic N) is 1. The standard InChI is InChI=1S/C16H24N2/c1-3-18(4-2)16-12-10-15(11-13-16)17-14-8-6-5-7-9-14/h6,8,10-14,17H,3-5,7,9H2,1-2H3. The van der Waals surface area contributed by atoms with Gasteiger partial charge in [0.1, 0.15) is 0 Å². The van der Waals surface area contributed by atoms with Crippen LogP contribution in [-0.2, 0) is 0 Å². The molecule has 1 aliphatic rings. The van der Waals surface area contributed by atoms with Gasteiger partial charge in [0.15, 0.2) is 0 Å². The van der Waals surface area contributed by atoms with Crippen molar-refractivity contribution in [2.75, 3.05) is 23.3 Å². The van der Waals surface area contributed by atoms with Crippen molar-refractivity contribution in [1.29, 1.82) is 0 Å². The van der Waals surface area contributed by atoms with Gasteiger partial charge in [0, 0.05) is 30.5 Å². The maximum atomic E-state index is 3.58. The first-order valence-corrected chi connectivity index (χ1v) is 7.11. The second kappa shape index (κ2) is 6.48. The van der Waals surface area contributed by atoms with Crippen LogP contribution >= 0.6 is 0 Å². The minimum atomic E-state index is 0.512. The third kappa shape index (κ3) is 3.28. The lowest BCUT2D eigenvalue weighted by atomic mass is 10.0. The van der Waals surface area contributed by atoms with Gasteiger partial charge < -0.3 is 10.2 Å². The topological polar surface area (TPSA) is 15.3 Å². The smallest absolute Gasteiger partial charge is 0.0444 e. The van der Waals surface area contributed by atoms with E-state index >= 15 is 0 Å². The SMILES string of the molecule is CCN(CC)c1ccc(NC2C=CCCC2)cc1. The monoisotopic (exact) mass is 244 g/mol. The van der Waals surface area contributed by atoms with E-state index in [9.17, 15) is 0 Å². The number of hydrogen-bond acceptors (Lipinski definition) is 2. The summed E-state index contributed by atoms with van der Waals surface area (Å²) in [6.45, 7) is 6.52. The van der Waals surface area contributed by atoms with Gasteiger partial charge in [-0.25, -0.2) is 0 Å². The maximum Gasteiger partial charge on any atom is 0.0444 e. The molecule has 2 rings (SSSR count). The van der Waals surface area contributed by atoms with Crippen LogP contribution in [0.2, 0.25) is 0 Å². The lowest BCUT2D eigenvalue weighted by Gasteiger charge is -2.22. The minimum Gasteiger partial charge on any atom is -0.379 e. The van der Waals surface area contributed by atoms with Gasteiger partial charge in [0.2, 0.25) is 0 Å². The van der Waals surface area contributed by atoms with Crippen molar-refractivity contribution in [3.05, 3.63) is 36.4 Å². The van der Waals surface area contributed by atoms with E-state index in [1.165, 1.54) is 30.6 Å². The van der Waals surface area contributed by atoms with Crippen LogP contribution in [0.15, 0.2) is 36.4 Å². The van der Waals surface area contributed by atoms with E-state index < -0.39 is 0 Å². The molecule has 18 heavy (non-hydrogen) atoms. The molecule has 1 N–H and O–H groups in total. The number of hydrogen-bond donors (Lipinski definition) is 1. The highest BCUT2D eigenvalue weighted by molar-refractivity contribution is 5.55. The normalized spacial score (nSPS) is 18.7. The summed E-state index contributed by atoms with van der Waals surface area (Å²) in [4.78, 5) is 2.37. The summed E-state index contributed by atoms with van der Waals surface area (Å²) in [6.07, 6.45) is 8.35. The van der Waals surface area contributed by atoms with Crippen LogP contribution in [0.3, 0.4) is 0 Å². The summed E-state index contributed by atoms with van der Waals surface area (Å²) in [5.41, 5.74) is 2.53. The van der Waals surface area contributed by atoms with E-state index in [0.717, 1.165) is 13.1 Å². The Morgan fingerprint density at radius 2 is 1.89 bits per heavy atom. The van der Waals surface area contributed by atoms with Crippen LogP contribution in [0.1, 0.15) is 33.1 Å². The predicted molar refractivity (Wildman–Crippen MR) is 80.4 cm³/mol. The molecular weight excluding hydrogens is 220 g/mol. The van der Waals surface area contributed by atoms with Crippen molar-refractivity contribution in [1.82, 2.24) is 0 Å². The molecule has 1 unspecified atom stereocenters. The zero-order valence-corrected chi connectivity index (χ0v) is 11.5. The number of allylic oxidation sites excluding steroid dienone is 1. The van der Waals surface area contributed by atoms with Crippen molar-refractivity contribution in [3.8, 4) is 0 Å². The second-order valence-corrected chi connectivity index (χ2v) is 4.83. The van der Waals surface area contributed by atoms with E-state index in [0.29, 0.717) is 6.04 Å². The van der Waals surface area contributed by atoms with Crippen LogP contribution in [0.4, 0.5) is 11.4 Å². The lowest BCUT2D eigenvalue weighted by Crippen LogP contribution is -2.22. The number of anilines is 2. The summed E-state index contributed by atoms with van der Waals surface area (Å²) in [5, 5.41) is 3.58. The Hall–Kier alpha value is -1.44. The lowest BCUT2D eigenvalue weighted by molar-refractivity contribution is 0.674. The first kappa shape index (κ1) is 13.0. The van der Waals surface area contributed by atoms with E-state index in [1.807, 2.05) is 0 Å². The van der Waals surface area contributed by atoms with Gasteiger partial charge in [0.25, 0.3) is 0 Å². The van der Waals surface area contributed by atoms with Crippen molar-refractivity contribution < 1.29 is 0 Å². The predicted octanol–water partition coefficient (Wildman–Crippen LogP) is 4.05. The van der Waals surface area contributed by atoms with Gasteiger partial charge in [0.05, 0.1) is 0 Å². The summed E-state index contributed by atoms with van der Waals surface area (Å²) in [7, 11) is 0. The fraction of sp³-hybridized carbons (Fsp3) is 0.500. The fourth-order valence-corrected chi connectivity index (χ4v) is 2.50. The Labute approximate surface area is 111 Å². The van der Waals surface area contributed by atoms with E-state index in [-0.39, 0.29) is 0 Å². The van der Waals surface area contributed by atoms with Crippen LogP contribution in [0.25, 0.3) is 0 Å². The highest BCUT2D eigenvalue weighted by atomic mass is 15.1.